The van der Waals surface area contributed by atoms with E-state index >= 15 is 0 Å². The van der Waals surface area contributed by atoms with Crippen LogP contribution >= 0.6 is 24.0 Å². The van der Waals surface area contributed by atoms with Crippen molar-refractivity contribution in [1.29, 1.82) is 0 Å². The molecule has 1 aromatic rings. The molecule has 0 saturated heterocycles. The Hall–Kier alpha value is -1.18. The molecule has 0 aromatic heterocycles. The lowest BCUT2D eigenvalue weighted by atomic mass is 10.1. The van der Waals surface area contributed by atoms with Crippen LogP contribution in [0.5, 0.6) is 11.5 Å². The van der Waals surface area contributed by atoms with Crippen LogP contribution in [-0.4, -0.2) is 32.8 Å². The average molecular weight is 461 g/mol. The molecular weight excluding hydrogens is 429 g/mol. The molecule has 0 unspecified atom stereocenters. The standard InChI is InChI=1S/C19H31N3O2.HI/c1-4-5-13-21-19(20-2)22-14-15-9-8-12-17(23-3)18(15)24-16-10-6-7-11-16;/h8-9,12,16H,4-7,10-11,13-14H2,1-3H3,(H2,20,21,22);1H. The van der Waals surface area contributed by atoms with E-state index in [0.29, 0.717) is 12.6 Å². The number of aliphatic imine (C=N–C) groups is 1. The van der Waals surface area contributed by atoms with Gasteiger partial charge in [0.15, 0.2) is 17.5 Å². The lowest BCUT2D eigenvalue weighted by molar-refractivity contribution is 0.198. The van der Waals surface area contributed by atoms with Crippen molar-refractivity contribution >= 4 is 29.9 Å². The molecule has 1 fully saturated rings. The second-order valence-electron chi connectivity index (χ2n) is 6.18. The monoisotopic (exact) mass is 461 g/mol. The van der Waals surface area contributed by atoms with E-state index in [1.54, 1.807) is 14.2 Å². The van der Waals surface area contributed by atoms with Crippen molar-refractivity contribution in [2.24, 2.45) is 4.99 Å². The third kappa shape index (κ3) is 6.92. The van der Waals surface area contributed by atoms with Gasteiger partial charge in [0.1, 0.15) is 0 Å². The van der Waals surface area contributed by atoms with Gasteiger partial charge in [0, 0.05) is 25.7 Å². The summed E-state index contributed by atoms with van der Waals surface area (Å²) in [5, 5.41) is 6.69. The number of hydrogen-bond acceptors (Lipinski definition) is 3. The molecule has 1 aromatic carbocycles. The minimum Gasteiger partial charge on any atom is -0.493 e. The Labute approximate surface area is 169 Å². The summed E-state index contributed by atoms with van der Waals surface area (Å²) in [6, 6.07) is 6.05. The second kappa shape index (κ2) is 12.2. The fourth-order valence-electron chi connectivity index (χ4n) is 2.95. The Balaban J connectivity index is 0.00000312. The number of para-hydroxylation sites is 1. The first kappa shape index (κ1) is 21.9. The number of nitrogens with one attached hydrogen (secondary N) is 2. The van der Waals surface area contributed by atoms with E-state index in [2.05, 4.69) is 28.6 Å². The summed E-state index contributed by atoms with van der Waals surface area (Å²) in [6.45, 7) is 3.77. The van der Waals surface area contributed by atoms with Crippen molar-refractivity contribution in [3.05, 3.63) is 23.8 Å². The first-order valence-corrected chi connectivity index (χ1v) is 9.05. The van der Waals surface area contributed by atoms with E-state index in [1.807, 2.05) is 12.1 Å². The minimum absolute atomic E-state index is 0. The number of guanidine groups is 1. The number of unbranched alkanes of at least 4 members (excludes halogenated alkanes) is 1. The topological polar surface area (TPSA) is 54.9 Å². The Kier molecular flexibility index (Phi) is 10.7. The van der Waals surface area contributed by atoms with Crippen LogP contribution in [0.3, 0.4) is 0 Å². The summed E-state index contributed by atoms with van der Waals surface area (Å²) >= 11 is 0. The molecule has 0 aliphatic heterocycles. The highest BCUT2D eigenvalue weighted by molar-refractivity contribution is 14.0. The van der Waals surface area contributed by atoms with Crippen LogP contribution in [-0.2, 0) is 6.54 Å². The van der Waals surface area contributed by atoms with Crippen molar-refractivity contribution in [1.82, 2.24) is 10.6 Å². The molecule has 0 spiro atoms. The average Bonchev–Trinajstić information content (AvgIpc) is 3.12. The van der Waals surface area contributed by atoms with Crippen LogP contribution in [0.15, 0.2) is 23.2 Å². The van der Waals surface area contributed by atoms with E-state index < -0.39 is 0 Å². The normalized spacial score (nSPS) is 14.8. The molecule has 25 heavy (non-hydrogen) atoms. The molecule has 0 radical (unpaired) electrons. The molecule has 1 saturated carbocycles. The van der Waals surface area contributed by atoms with Crippen LogP contribution in [0.4, 0.5) is 0 Å². The summed E-state index contributed by atoms with van der Waals surface area (Å²) in [5.41, 5.74) is 1.10. The predicted molar refractivity (Wildman–Crippen MR) is 114 cm³/mol. The minimum atomic E-state index is 0. The number of halogens is 1. The number of hydrogen-bond donors (Lipinski definition) is 2. The fraction of sp³-hybridized carbons (Fsp3) is 0.632. The van der Waals surface area contributed by atoms with Gasteiger partial charge in [0.05, 0.1) is 13.2 Å². The largest absolute Gasteiger partial charge is 0.493 e. The highest BCUT2D eigenvalue weighted by Crippen LogP contribution is 2.34. The van der Waals surface area contributed by atoms with Crippen molar-refractivity contribution in [3.63, 3.8) is 0 Å². The third-order valence-electron chi connectivity index (χ3n) is 4.36. The number of benzene rings is 1. The second-order valence-corrected chi connectivity index (χ2v) is 6.18. The summed E-state index contributed by atoms with van der Waals surface area (Å²) < 4.78 is 11.8. The van der Waals surface area contributed by atoms with Gasteiger partial charge in [0.25, 0.3) is 0 Å². The number of nitrogens with zero attached hydrogens (tertiary/aromatic N) is 1. The van der Waals surface area contributed by atoms with E-state index in [1.165, 1.54) is 19.3 Å². The zero-order valence-electron chi connectivity index (χ0n) is 15.6. The van der Waals surface area contributed by atoms with E-state index in [9.17, 15) is 0 Å². The van der Waals surface area contributed by atoms with Gasteiger partial charge in [-0.2, -0.15) is 0 Å². The number of rotatable bonds is 8. The Morgan fingerprint density at radius 3 is 2.64 bits per heavy atom. The van der Waals surface area contributed by atoms with Crippen LogP contribution in [0.2, 0.25) is 0 Å². The van der Waals surface area contributed by atoms with Crippen LogP contribution in [0.25, 0.3) is 0 Å². The molecule has 6 heteroatoms. The van der Waals surface area contributed by atoms with Gasteiger partial charge in [-0.1, -0.05) is 25.5 Å². The Morgan fingerprint density at radius 1 is 1.24 bits per heavy atom. The maximum Gasteiger partial charge on any atom is 0.191 e. The molecule has 0 atom stereocenters. The van der Waals surface area contributed by atoms with Gasteiger partial charge in [-0.25, -0.2) is 0 Å². The molecule has 0 bridgehead atoms. The SMILES string of the molecule is CCCCNC(=NC)NCc1cccc(OC)c1OC1CCCC1.I. The first-order chi connectivity index (χ1) is 11.8. The molecule has 0 heterocycles. The molecule has 142 valence electrons. The molecule has 5 nitrogen and oxygen atoms in total. The smallest absolute Gasteiger partial charge is 0.191 e. The van der Waals surface area contributed by atoms with Crippen molar-refractivity contribution in [3.8, 4) is 11.5 Å². The van der Waals surface area contributed by atoms with E-state index in [-0.39, 0.29) is 24.0 Å². The number of ether oxygens (including phenoxy) is 2. The quantitative estimate of drug-likeness (QED) is 0.265. The lowest BCUT2D eigenvalue weighted by Crippen LogP contribution is -2.37. The Morgan fingerprint density at radius 2 is 2.00 bits per heavy atom. The molecule has 1 aliphatic rings. The van der Waals surface area contributed by atoms with Gasteiger partial charge in [-0.15, -0.1) is 24.0 Å². The molecule has 0 amide bonds. The van der Waals surface area contributed by atoms with Gasteiger partial charge in [-0.05, 0) is 38.2 Å². The Bertz CT molecular complexity index is 531. The van der Waals surface area contributed by atoms with Gasteiger partial charge in [-0.3, -0.25) is 4.99 Å². The van der Waals surface area contributed by atoms with Crippen LogP contribution in [0.1, 0.15) is 51.0 Å². The van der Waals surface area contributed by atoms with E-state index in [0.717, 1.165) is 48.8 Å². The maximum absolute atomic E-state index is 6.27. The third-order valence-corrected chi connectivity index (χ3v) is 4.36. The predicted octanol–water partition coefficient (Wildman–Crippen LogP) is 4.10. The first-order valence-electron chi connectivity index (χ1n) is 9.05. The van der Waals surface area contributed by atoms with Crippen LogP contribution in [0, 0.1) is 0 Å². The number of methoxy groups -OCH3 is 1. The summed E-state index contributed by atoms with van der Waals surface area (Å²) in [6.07, 6.45) is 7.37. The highest BCUT2D eigenvalue weighted by atomic mass is 127. The molecule has 1 aliphatic carbocycles. The fourth-order valence-corrected chi connectivity index (χ4v) is 2.95. The van der Waals surface area contributed by atoms with E-state index in [4.69, 9.17) is 9.47 Å². The van der Waals surface area contributed by atoms with Gasteiger partial charge in [0.2, 0.25) is 0 Å². The zero-order valence-corrected chi connectivity index (χ0v) is 18.0. The summed E-state index contributed by atoms with van der Waals surface area (Å²) in [7, 11) is 3.49. The summed E-state index contributed by atoms with van der Waals surface area (Å²) in [4.78, 5) is 4.27. The van der Waals surface area contributed by atoms with Crippen molar-refractivity contribution in [2.75, 3.05) is 20.7 Å². The summed E-state index contributed by atoms with van der Waals surface area (Å²) in [5.74, 6) is 2.48. The molecule has 2 N–H and O–H groups in total. The molecule has 2 rings (SSSR count). The maximum atomic E-state index is 6.27. The highest BCUT2D eigenvalue weighted by Gasteiger charge is 2.20. The van der Waals surface area contributed by atoms with Gasteiger partial charge >= 0.3 is 0 Å². The van der Waals surface area contributed by atoms with Crippen LogP contribution < -0.4 is 20.1 Å². The van der Waals surface area contributed by atoms with Crippen molar-refractivity contribution in [2.45, 2.75) is 58.1 Å². The lowest BCUT2D eigenvalue weighted by Gasteiger charge is -2.20. The zero-order chi connectivity index (χ0) is 17.2. The molecular formula is C19H32IN3O2. The van der Waals surface area contributed by atoms with Crippen molar-refractivity contribution < 1.29 is 9.47 Å². The van der Waals surface area contributed by atoms with Gasteiger partial charge < -0.3 is 20.1 Å².